The molecule has 0 fully saturated rings. The Morgan fingerprint density at radius 2 is 0.667 bits per heavy atom. The highest BCUT2D eigenvalue weighted by atomic mass is 19.3. The van der Waals surface area contributed by atoms with Gasteiger partial charge < -0.3 is 0 Å². The summed E-state index contributed by atoms with van der Waals surface area (Å²) < 4.78 is 333. The lowest BCUT2D eigenvalue weighted by molar-refractivity contribution is -0.691. The van der Waals surface area contributed by atoms with Crippen molar-refractivity contribution in [2.75, 3.05) is 0 Å². The Morgan fingerprint density at radius 3 is 0.937 bits per heavy atom. The largest absolute Gasteiger partial charge is 0.312 e. The van der Waals surface area contributed by atoms with E-state index in [4.69, 9.17) is 0 Å². The Bertz CT molecular complexity index is 2470. The summed E-state index contributed by atoms with van der Waals surface area (Å²) in [6.45, 7) is 0.305. The maximum absolute atomic E-state index is 15.4. The molecule has 26 heteroatoms. The lowest BCUT2D eigenvalue weighted by Gasteiger charge is -2.44. The van der Waals surface area contributed by atoms with E-state index in [-0.39, 0.29) is 5.69 Å². The van der Waals surface area contributed by atoms with Crippen LogP contribution in [0.25, 0.3) is 5.83 Å². The molecule has 332 valence electrons. The molecule has 0 unspecified atom stereocenters. The zero-order valence-electron chi connectivity index (χ0n) is 29.5. The van der Waals surface area contributed by atoms with Gasteiger partial charge in [-0.3, -0.25) is 4.98 Å². The van der Waals surface area contributed by atoms with E-state index in [1.807, 2.05) is 30.3 Å². The van der Waals surface area contributed by atoms with E-state index in [1.54, 1.807) is 0 Å². The summed E-state index contributed by atoms with van der Waals surface area (Å²) in [6.07, 6.45) is -5.59. The number of aromatic nitrogens is 2. The Morgan fingerprint density at radius 1 is 0.397 bits per heavy atom. The Labute approximate surface area is 333 Å². The first kappa shape index (κ1) is 47.4. The summed E-state index contributed by atoms with van der Waals surface area (Å²) in [6, 6.07) is 9.19. The van der Waals surface area contributed by atoms with Crippen LogP contribution in [0.4, 0.5) is 101 Å². The van der Waals surface area contributed by atoms with Crippen LogP contribution in [-0.2, 0) is 6.54 Å². The third-order valence-corrected chi connectivity index (χ3v) is 9.13. The lowest BCUT2D eigenvalue weighted by atomic mass is 9.12. The first-order valence-electron chi connectivity index (χ1n) is 16.2. The van der Waals surface area contributed by atoms with Gasteiger partial charge in [-0.2, -0.15) is 17.7 Å². The van der Waals surface area contributed by atoms with Crippen molar-refractivity contribution < 1.29 is 106 Å². The molecule has 0 N–H and O–H groups in total. The maximum atomic E-state index is 15.4. The van der Waals surface area contributed by atoms with Crippen molar-refractivity contribution in [2.24, 2.45) is 0 Å². The summed E-state index contributed by atoms with van der Waals surface area (Å²) in [7, 11) is 0. The molecule has 0 atom stereocenters. The highest BCUT2D eigenvalue weighted by Crippen LogP contribution is 2.31. The Hall–Kier alpha value is -6.63. The summed E-state index contributed by atoms with van der Waals surface area (Å²) in [4.78, 5) is 3.66. The van der Waals surface area contributed by atoms with Gasteiger partial charge in [-0.1, -0.05) is 30.3 Å². The molecule has 0 saturated heterocycles. The monoisotopic (exact) mass is 930 g/mol. The Kier molecular flexibility index (Phi) is 13.3. The number of hydrogen-bond donors (Lipinski definition) is 0. The summed E-state index contributed by atoms with van der Waals surface area (Å²) in [5.74, 6) is -72.9. The molecule has 0 aliphatic carbocycles. The highest BCUT2D eigenvalue weighted by molar-refractivity contribution is 7.20. The SMILES string of the molecule is FC(F)=C(F)c1cncc[n+]1Cc1ccccc1.Fc1c(F)c(F)c([B-](c2c(F)c(F)c(F)c(F)c2F)(c2c(F)c(F)c(F)c(F)c2F)c2c(F)c(F)c(F)c(F)c2F)c(F)c1F. The van der Waals surface area contributed by atoms with E-state index in [0.717, 1.165) is 11.8 Å². The van der Waals surface area contributed by atoms with Gasteiger partial charge in [0, 0.05) is 5.56 Å². The zero-order valence-corrected chi connectivity index (χ0v) is 29.5. The summed E-state index contributed by atoms with van der Waals surface area (Å²) >= 11 is 0. The topological polar surface area (TPSA) is 16.8 Å². The number of rotatable bonds is 7. The zero-order chi connectivity index (χ0) is 47.3. The molecule has 63 heavy (non-hydrogen) atoms. The van der Waals surface area contributed by atoms with Crippen molar-refractivity contribution in [3.05, 3.63) is 183 Å². The molecule has 1 heterocycles. The number of benzene rings is 5. The molecule has 6 aromatic rings. The molecule has 0 spiro atoms. The van der Waals surface area contributed by atoms with Crippen LogP contribution in [0, 0.1) is 116 Å². The van der Waals surface area contributed by atoms with Gasteiger partial charge in [0.1, 0.15) is 58.9 Å². The van der Waals surface area contributed by atoms with Gasteiger partial charge in [-0.25, -0.2) is 87.8 Å². The van der Waals surface area contributed by atoms with Crippen LogP contribution in [-0.4, -0.2) is 11.1 Å². The minimum Gasteiger partial charge on any atom is -0.251 e. The molecular weight excluding hydrogens is 920 g/mol. The smallest absolute Gasteiger partial charge is 0.251 e. The van der Waals surface area contributed by atoms with E-state index in [9.17, 15) is 65.9 Å². The van der Waals surface area contributed by atoms with Gasteiger partial charge in [0.05, 0.1) is 6.20 Å². The fraction of sp³-hybridized carbons (Fsp3) is 0.0270. The van der Waals surface area contributed by atoms with E-state index in [0.29, 0.717) is 6.54 Å². The van der Waals surface area contributed by atoms with Crippen molar-refractivity contribution in [3.63, 3.8) is 0 Å². The molecule has 0 aliphatic heterocycles. The van der Waals surface area contributed by atoms with Crippen molar-refractivity contribution in [3.8, 4) is 0 Å². The van der Waals surface area contributed by atoms with Crippen molar-refractivity contribution in [1.29, 1.82) is 0 Å². The average molecular weight is 930 g/mol. The van der Waals surface area contributed by atoms with Gasteiger partial charge >= 0.3 is 6.08 Å². The molecule has 2 nitrogen and oxygen atoms in total. The van der Waals surface area contributed by atoms with Gasteiger partial charge in [0.25, 0.3) is 11.5 Å². The third-order valence-electron chi connectivity index (χ3n) is 9.13. The van der Waals surface area contributed by atoms with Crippen LogP contribution in [0.5, 0.6) is 0 Å². The predicted octanol–water partition coefficient (Wildman–Crippen LogP) is 8.80. The third kappa shape index (κ3) is 7.57. The van der Waals surface area contributed by atoms with Crippen LogP contribution >= 0.6 is 0 Å². The molecule has 0 saturated carbocycles. The van der Waals surface area contributed by atoms with Crippen LogP contribution in [0.1, 0.15) is 11.3 Å². The molecule has 6 rings (SSSR count). The first-order valence-corrected chi connectivity index (χ1v) is 16.2. The summed E-state index contributed by atoms with van der Waals surface area (Å²) in [5, 5.41) is 0. The standard InChI is InChI=1S/C24BF20.C13H10F3N2/c26-5-1(6(27)14(35)21(42)13(5)34)25(2-7(28)15(36)22(43)16(37)8(2)29,3-9(30)17(38)23(44)18(39)10(3)31)4-11(32)19(40)24(45)20(41)12(4)33;14-12(13(15)16)11-8-17-6-7-18(11)9-10-4-2-1-3-5-10/h;1-8H,9H2/q-1;+1. The molecule has 0 aliphatic rings. The molecule has 5 aromatic carbocycles. The fourth-order valence-corrected chi connectivity index (χ4v) is 6.46. The van der Waals surface area contributed by atoms with Crippen LogP contribution in [0.15, 0.2) is 55.0 Å². The molecular formula is C37H10BF23N2. The minimum atomic E-state index is -7.22. The van der Waals surface area contributed by atoms with Gasteiger partial charge in [0.2, 0.25) is 0 Å². The molecule has 1 aromatic heterocycles. The lowest BCUT2D eigenvalue weighted by Crippen LogP contribution is -2.81. The second-order valence-corrected chi connectivity index (χ2v) is 12.4. The second-order valence-electron chi connectivity index (χ2n) is 12.4. The van der Waals surface area contributed by atoms with Crippen LogP contribution in [0.2, 0.25) is 0 Å². The van der Waals surface area contributed by atoms with Gasteiger partial charge in [-0.15, -0.1) is 21.9 Å². The van der Waals surface area contributed by atoms with Crippen molar-refractivity contribution in [1.82, 2.24) is 4.98 Å². The van der Waals surface area contributed by atoms with E-state index in [2.05, 4.69) is 4.98 Å². The Balaban J connectivity index is 0.000000345. The highest BCUT2D eigenvalue weighted by Gasteiger charge is 2.52. The molecule has 0 bridgehead atoms. The van der Waals surface area contributed by atoms with Gasteiger partial charge in [-0.05, 0) is 0 Å². The van der Waals surface area contributed by atoms with Crippen LogP contribution < -0.4 is 26.4 Å². The maximum Gasteiger partial charge on any atom is 0.312 e. The summed E-state index contributed by atoms with van der Waals surface area (Å²) in [5.41, 5.74) is -13.7. The molecule has 0 radical (unpaired) electrons. The number of halogens is 23. The van der Waals surface area contributed by atoms with Crippen molar-refractivity contribution in [2.45, 2.75) is 6.54 Å². The average Bonchev–Trinajstić information content (AvgIpc) is 3.26. The van der Waals surface area contributed by atoms with E-state index in [1.165, 1.54) is 17.0 Å². The first-order chi connectivity index (χ1) is 29.4. The van der Waals surface area contributed by atoms with Crippen LogP contribution in [0.3, 0.4) is 0 Å². The predicted molar refractivity (Wildman–Crippen MR) is 169 cm³/mol. The number of nitrogens with zero attached hydrogens (tertiary/aromatic N) is 2. The van der Waals surface area contributed by atoms with E-state index < -0.39 is 156 Å². The second kappa shape index (κ2) is 17.6. The van der Waals surface area contributed by atoms with Gasteiger partial charge in [0.15, 0.2) is 82.5 Å². The number of hydrogen-bond acceptors (Lipinski definition) is 1. The normalized spacial score (nSPS) is 11.5. The minimum absolute atomic E-state index is 0.235. The molecule has 0 amide bonds. The quantitative estimate of drug-likeness (QED) is 0.0515. The fourth-order valence-electron chi connectivity index (χ4n) is 6.46. The van der Waals surface area contributed by atoms with E-state index >= 15 is 35.1 Å². The van der Waals surface area contributed by atoms with Crippen molar-refractivity contribution >= 4 is 33.8 Å².